The van der Waals surface area contributed by atoms with E-state index >= 15 is 0 Å². The van der Waals surface area contributed by atoms with Crippen molar-refractivity contribution in [3.63, 3.8) is 0 Å². The van der Waals surface area contributed by atoms with Crippen molar-refractivity contribution in [1.82, 2.24) is 5.32 Å². The van der Waals surface area contributed by atoms with Gasteiger partial charge in [0.2, 0.25) is 5.91 Å². The van der Waals surface area contributed by atoms with Gasteiger partial charge < -0.3 is 19.5 Å². The smallest absolute Gasteiger partial charge is 0.302 e. The lowest BCUT2D eigenvalue weighted by atomic mass is 9.47. The predicted octanol–water partition coefficient (Wildman–Crippen LogP) is 6.04. The fourth-order valence-corrected chi connectivity index (χ4v) is 10.1. The molecule has 0 aromatic carbocycles. The number of ether oxygens (including phenoxy) is 3. The number of fused-ring (bicyclic) bond motifs is 7. The first-order valence-corrected chi connectivity index (χ1v) is 15.3. The highest BCUT2D eigenvalue weighted by molar-refractivity contribution is 5.72. The van der Waals surface area contributed by atoms with Crippen LogP contribution in [-0.2, 0) is 23.8 Å². The Balaban J connectivity index is 1.30. The first-order chi connectivity index (χ1) is 17.9. The highest BCUT2D eigenvalue weighted by Gasteiger charge is 2.68. The summed E-state index contributed by atoms with van der Waals surface area (Å²) in [6.07, 6.45) is 12.6. The standard InChI is InChI=1S/C32H51NO5/c1-19(18-33-21(3)34)10-15-32(36-7)20(2)29-28(38-32)17-27-25-9-8-23-16-24(37-22(4)35)11-13-30(23,5)26(25)12-14-31(27,29)6/h8,19-20,24-29H,9-18H2,1-7H3,(H,33,34)/t19-,20-,24-,25-,26+,27+,28+,29+,30+,31+,32-/m1/s1. The molecule has 5 rings (SSSR count). The summed E-state index contributed by atoms with van der Waals surface area (Å²) in [6.45, 7) is 13.5. The van der Waals surface area contributed by atoms with Gasteiger partial charge in [0.1, 0.15) is 6.10 Å². The number of rotatable bonds is 7. The molecule has 1 heterocycles. The SMILES string of the molecule is CO[C@]1(CC[C@@H](C)CNC(C)=O)O[C@H]2C[C@H]3[C@@H]4CC=C5C[C@H](OC(C)=O)CC[C@]5(C)[C@H]4CC[C@]3(C)[C@H]2[C@H]1C. The van der Waals surface area contributed by atoms with Gasteiger partial charge in [0.05, 0.1) is 6.10 Å². The van der Waals surface area contributed by atoms with Gasteiger partial charge in [-0.15, -0.1) is 0 Å². The Hall–Kier alpha value is -1.40. The van der Waals surface area contributed by atoms with Crippen molar-refractivity contribution in [1.29, 1.82) is 0 Å². The molecule has 0 bridgehead atoms. The maximum atomic E-state index is 11.6. The number of allylic oxidation sites excluding steroid dienone is 1. The second-order valence-electron chi connectivity index (χ2n) is 14.1. The minimum Gasteiger partial charge on any atom is -0.462 e. The van der Waals surface area contributed by atoms with Crippen LogP contribution in [0.4, 0.5) is 0 Å². The number of carbonyl (C=O) groups is 2. The van der Waals surface area contributed by atoms with Crippen molar-refractivity contribution in [3.8, 4) is 0 Å². The Morgan fingerprint density at radius 2 is 1.95 bits per heavy atom. The Labute approximate surface area is 230 Å². The number of methoxy groups -OCH3 is 1. The van der Waals surface area contributed by atoms with E-state index in [0.29, 0.717) is 36.1 Å². The van der Waals surface area contributed by atoms with Crippen molar-refractivity contribution >= 4 is 11.9 Å². The van der Waals surface area contributed by atoms with Crippen LogP contribution in [0.15, 0.2) is 11.6 Å². The molecule has 0 aromatic rings. The first kappa shape index (κ1) is 28.1. The molecule has 4 fully saturated rings. The lowest BCUT2D eigenvalue weighted by molar-refractivity contribution is -0.238. The van der Waals surface area contributed by atoms with Gasteiger partial charge in [0.15, 0.2) is 5.79 Å². The highest BCUT2D eigenvalue weighted by Crippen LogP contribution is 2.70. The minimum absolute atomic E-state index is 0.0314. The van der Waals surface area contributed by atoms with Crippen molar-refractivity contribution in [2.24, 2.45) is 46.3 Å². The molecule has 6 nitrogen and oxygen atoms in total. The van der Waals surface area contributed by atoms with E-state index in [-0.39, 0.29) is 34.9 Å². The van der Waals surface area contributed by atoms with Gasteiger partial charge in [-0.3, -0.25) is 9.59 Å². The largest absolute Gasteiger partial charge is 0.462 e. The van der Waals surface area contributed by atoms with Gasteiger partial charge in [0.25, 0.3) is 0 Å². The van der Waals surface area contributed by atoms with Crippen LogP contribution < -0.4 is 5.32 Å². The van der Waals surface area contributed by atoms with Crippen LogP contribution >= 0.6 is 0 Å². The molecule has 1 amide bonds. The number of carbonyl (C=O) groups excluding carboxylic acids is 2. The van der Waals surface area contributed by atoms with Crippen LogP contribution in [0.2, 0.25) is 0 Å². The fraction of sp³-hybridized carbons (Fsp3) is 0.875. The summed E-state index contributed by atoms with van der Waals surface area (Å²) in [5.74, 6) is 2.74. The van der Waals surface area contributed by atoms with E-state index in [2.05, 4.69) is 39.1 Å². The molecule has 11 atom stereocenters. The van der Waals surface area contributed by atoms with Crippen LogP contribution in [0, 0.1) is 46.3 Å². The van der Waals surface area contributed by atoms with Crippen LogP contribution in [-0.4, -0.2) is 43.5 Å². The van der Waals surface area contributed by atoms with Gasteiger partial charge in [-0.1, -0.05) is 39.3 Å². The number of nitrogens with one attached hydrogen (secondary N) is 1. The van der Waals surface area contributed by atoms with E-state index in [0.717, 1.165) is 50.9 Å². The average molecular weight is 530 g/mol. The van der Waals surface area contributed by atoms with E-state index in [1.54, 1.807) is 12.5 Å². The van der Waals surface area contributed by atoms with E-state index < -0.39 is 5.79 Å². The third-order valence-corrected chi connectivity index (χ3v) is 12.1. The summed E-state index contributed by atoms with van der Waals surface area (Å²) >= 11 is 0. The monoisotopic (exact) mass is 529 g/mol. The molecule has 0 unspecified atom stereocenters. The molecule has 5 aliphatic rings. The third-order valence-electron chi connectivity index (χ3n) is 12.1. The lowest BCUT2D eigenvalue weighted by Crippen LogP contribution is -2.52. The molecule has 0 spiro atoms. The van der Waals surface area contributed by atoms with Crippen molar-refractivity contribution in [2.75, 3.05) is 13.7 Å². The van der Waals surface area contributed by atoms with Gasteiger partial charge >= 0.3 is 5.97 Å². The molecule has 6 heteroatoms. The zero-order valence-corrected chi connectivity index (χ0v) is 24.8. The molecule has 1 saturated heterocycles. The van der Waals surface area contributed by atoms with E-state index in [9.17, 15) is 9.59 Å². The average Bonchev–Trinajstić information content (AvgIpc) is 3.31. The number of esters is 1. The van der Waals surface area contributed by atoms with Crippen LogP contribution in [0.3, 0.4) is 0 Å². The summed E-state index contributed by atoms with van der Waals surface area (Å²) in [7, 11) is 1.83. The Morgan fingerprint density at radius 1 is 1.18 bits per heavy atom. The summed E-state index contributed by atoms with van der Waals surface area (Å²) in [6, 6.07) is 0. The predicted molar refractivity (Wildman–Crippen MR) is 147 cm³/mol. The summed E-state index contributed by atoms with van der Waals surface area (Å²) in [5, 5.41) is 2.96. The zero-order valence-electron chi connectivity index (χ0n) is 24.8. The van der Waals surface area contributed by atoms with Gasteiger partial charge in [-0.25, -0.2) is 0 Å². The van der Waals surface area contributed by atoms with Crippen LogP contribution in [0.25, 0.3) is 0 Å². The van der Waals surface area contributed by atoms with Gasteiger partial charge in [-0.2, -0.15) is 0 Å². The van der Waals surface area contributed by atoms with Gasteiger partial charge in [-0.05, 0) is 85.4 Å². The van der Waals surface area contributed by atoms with Crippen LogP contribution in [0.1, 0.15) is 99.3 Å². The van der Waals surface area contributed by atoms with E-state index in [1.807, 2.05) is 7.11 Å². The third kappa shape index (κ3) is 4.56. The van der Waals surface area contributed by atoms with Crippen molar-refractivity contribution < 1.29 is 23.8 Å². The number of hydrogen-bond donors (Lipinski definition) is 1. The lowest BCUT2D eigenvalue weighted by Gasteiger charge is -2.58. The zero-order chi connectivity index (χ0) is 27.5. The molecule has 4 aliphatic carbocycles. The molecular weight excluding hydrogens is 478 g/mol. The maximum absolute atomic E-state index is 11.6. The molecule has 214 valence electrons. The van der Waals surface area contributed by atoms with E-state index in [4.69, 9.17) is 14.2 Å². The maximum Gasteiger partial charge on any atom is 0.302 e. The normalized spacial score (nSPS) is 46.2. The van der Waals surface area contributed by atoms with Crippen molar-refractivity contribution in [2.45, 2.75) is 117 Å². The molecule has 38 heavy (non-hydrogen) atoms. The summed E-state index contributed by atoms with van der Waals surface area (Å²) < 4.78 is 18.8. The Bertz CT molecular complexity index is 963. The Morgan fingerprint density at radius 3 is 2.63 bits per heavy atom. The quantitative estimate of drug-likeness (QED) is 0.322. The molecule has 1 aliphatic heterocycles. The summed E-state index contributed by atoms with van der Waals surface area (Å²) in [4.78, 5) is 22.9. The van der Waals surface area contributed by atoms with Crippen molar-refractivity contribution in [3.05, 3.63) is 11.6 Å². The van der Waals surface area contributed by atoms with E-state index in [1.165, 1.54) is 19.8 Å². The molecule has 3 saturated carbocycles. The topological polar surface area (TPSA) is 73.9 Å². The molecule has 1 N–H and O–H groups in total. The number of amides is 1. The highest BCUT2D eigenvalue weighted by atomic mass is 16.7. The molecular formula is C32H51NO5. The second-order valence-corrected chi connectivity index (χ2v) is 14.1. The Kier molecular flexibility index (Phi) is 7.56. The fourth-order valence-electron chi connectivity index (χ4n) is 10.1. The van der Waals surface area contributed by atoms with Gasteiger partial charge in [0, 0.05) is 46.3 Å². The number of hydrogen-bond acceptors (Lipinski definition) is 5. The molecule has 0 aromatic heterocycles. The summed E-state index contributed by atoms with van der Waals surface area (Å²) in [5.41, 5.74) is 2.07. The minimum atomic E-state index is -0.522. The second kappa shape index (κ2) is 10.2. The molecule has 0 radical (unpaired) electrons. The van der Waals surface area contributed by atoms with Crippen LogP contribution in [0.5, 0.6) is 0 Å². The first-order valence-electron chi connectivity index (χ1n) is 15.3.